The first-order valence-electron chi connectivity index (χ1n) is 12.6. The SMILES string of the molecule is Cc1ccccc1C1=Cc2cc(C(C)(C)C)cc(C(C)(C)C)c2O[C@@H]1Cc1c(F)c(C)c(F)c(F)c1F. The Hall–Kier alpha value is -3.08. The van der Waals surface area contributed by atoms with Gasteiger partial charge in [0.15, 0.2) is 17.5 Å². The molecule has 1 atom stereocenters. The fraction of sp³-hybridized carbons (Fsp3) is 0.375. The Balaban J connectivity index is 1.97. The number of aryl methyl sites for hydroxylation is 1. The van der Waals surface area contributed by atoms with Gasteiger partial charge >= 0.3 is 0 Å². The topological polar surface area (TPSA) is 9.23 Å². The van der Waals surface area contributed by atoms with Gasteiger partial charge in [-0.1, -0.05) is 71.9 Å². The molecule has 0 amide bonds. The molecule has 0 saturated carbocycles. The van der Waals surface area contributed by atoms with Crippen LogP contribution in [0.1, 0.15) is 80.5 Å². The summed E-state index contributed by atoms with van der Waals surface area (Å²) in [6.07, 6.45) is 0.905. The quantitative estimate of drug-likeness (QED) is 0.194. The highest BCUT2D eigenvalue weighted by Gasteiger charge is 2.34. The predicted molar refractivity (Wildman–Crippen MR) is 142 cm³/mol. The first-order chi connectivity index (χ1) is 17.1. The van der Waals surface area contributed by atoms with Crippen LogP contribution in [0.25, 0.3) is 11.6 Å². The fourth-order valence-electron chi connectivity index (χ4n) is 4.82. The second kappa shape index (κ2) is 9.34. The number of rotatable bonds is 3. The molecule has 0 spiro atoms. The fourth-order valence-corrected chi connectivity index (χ4v) is 4.82. The van der Waals surface area contributed by atoms with Crippen molar-refractivity contribution in [3.8, 4) is 5.75 Å². The summed E-state index contributed by atoms with van der Waals surface area (Å²) in [5, 5.41) is 0. The van der Waals surface area contributed by atoms with Gasteiger partial charge in [-0.25, -0.2) is 17.6 Å². The summed E-state index contributed by atoms with van der Waals surface area (Å²) >= 11 is 0. The highest BCUT2D eigenvalue weighted by Crippen LogP contribution is 2.45. The Morgan fingerprint density at radius 1 is 0.784 bits per heavy atom. The largest absolute Gasteiger partial charge is 0.484 e. The standard InChI is InChI=1S/C32H34F4O/c1-17-11-9-10-12-21(17)22-14-19-13-20(31(3,4)5)15-24(32(6,7)8)30(19)37-25(22)16-23-26(33)18(2)27(34)29(36)28(23)35/h9-15,25H,16H2,1-8H3/t25-/m1/s1. The maximum absolute atomic E-state index is 15.1. The van der Waals surface area contributed by atoms with Crippen LogP contribution >= 0.6 is 0 Å². The normalized spacial score (nSPS) is 15.8. The molecule has 196 valence electrons. The molecule has 3 aromatic carbocycles. The average molecular weight is 511 g/mol. The van der Waals surface area contributed by atoms with Crippen molar-refractivity contribution in [1.29, 1.82) is 0 Å². The molecule has 5 heteroatoms. The summed E-state index contributed by atoms with van der Waals surface area (Å²) in [6.45, 7) is 15.8. The van der Waals surface area contributed by atoms with Gasteiger partial charge in [0, 0.05) is 34.2 Å². The van der Waals surface area contributed by atoms with Crippen molar-refractivity contribution < 1.29 is 22.3 Å². The molecule has 1 aliphatic rings. The van der Waals surface area contributed by atoms with Gasteiger partial charge in [0.1, 0.15) is 17.7 Å². The minimum absolute atomic E-state index is 0.113. The Morgan fingerprint density at radius 2 is 1.43 bits per heavy atom. The molecule has 0 unspecified atom stereocenters. The average Bonchev–Trinajstić information content (AvgIpc) is 2.82. The molecule has 0 aromatic heterocycles. The minimum Gasteiger partial charge on any atom is -0.484 e. The molecule has 0 fully saturated rings. The lowest BCUT2D eigenvalue weighted by molar-refractivity contribution is 0.244. The summed E-state index contributed by atoms with van der Waals surface area (Å²) < 4.78 is 64.9. The molecule has 0 bridgehead atoms. The summed E-state index contributed by atoms with van der Waals surface area (Å²) in [5.74, 6) is -5.14. The van der Waals surface area contributed by atoms with Gasteiger partial charge in [0.25, 0.3) is 0 Å². The Labute approximate surface area is 217 Å². The smallest absolute Gasteiger partial charge is 0.195 e. The third-order valence-corrected chi connectivity index (χ3v) is 7.13. The lowest BCUT2D eigenvalue weighted by Crippen LogP contribution is -2.29. The van der Waals surface area contributed by atoms with Crippen LogP contribution in [0, 0.1) is 37.1 Å². The van der Waals surface area contributed by atoms with E-state index in [1.54, 1.807) is 0 Å². The van der Waals surface area contributed by atoms with Crippen molar-refractivity contribution in [3.05, 3.63) is 98.6 Å². The van der Waals surface area contributed by atoms with Gasteiger partial charge in [0.05, 0.1) is 0 Å². The van der Waals surface area contributed by atoms with Crippen LogP contribution in [0.3, 0.4) is 0 Å². The van der Waals surface area contributed by atoms with Gasteiger partial charge in [-0.2, -0.15) is 0 Å². The van der Waals surface area contributed by atoms with E-state index in [4.69, 9.17) is 4.74 Å². The molecule has 3 aromatic rings. The van der Waals surface area contributed by atoms with Crippen LogP contribution in [0.15, 0.2) is 36.4 Å². The van der Waals surface area contributed by atoms with Crippen LogP contribution < -0.4 is 4.74 Å². The molecule has 1 heterocycles. The summed E-state index contributed by atoms with van der Waals surface area (Å²) in [5.41, 5.74) is 4.12. The second-order valence-electron chi connectivity index (χ2n) is 12.0. The highest BCUT2D eigenvalue weighted by atomic mass is 19.2. The summed E-state index contributed by atoms with van der Waals surface area (Å²) in [6, 6.07) is 11.9. The van der Waals surface area contributed by atoms with E-state index in [0.717, 1.165) is 40.3 Å². The van der Waals surface area contributed by atoms with E-state index in [1.807, 2.05) is 37.3 Å². The van der Waals surface area contributed by atoms with Crippen LogP contribution in [0.2, 0.25) is 0 Å². The summed E-state index contributed by atoms with van der Waals surface area (Å²) in [4.78, 5) is 0. The van der Waals surface area contributed by atoms with Gasteiger partial charge in [-0.15, -0.1) is 0 Å². The molecule has 37 heavy (non-hydrogen) atoms. The van der Waals surface area contributed by atoms with E-state index in [1.165, 1.54) is 0 Å². The molecular formula is C32H34F4O. The van der Waals surface area contributed by atoms with Crippen LogP contribution in [0.5, 0.6) is 5.75 Å². The lowest BCUT2D eigenvalue weighted by atomic mass is 9.77. The third kappa shape index (κ3) is 4.93. The summed E-state index contributed by atoms with van der Waals surface area (Å²) in [7, 11) is 0. The van der Waals surface area contributed by atoms with Crippen molar-refractivity contribution in [2.75, 3.05) is 0 Å². The molecule has 4 rings (SSSR count). The number of benzene rings is 3. The number of ether oxygens (including phenoxy) is 1. The van der Waals surface area contributed by atoms with Crippen molar-refractivity contribution >= 4 is 11.6 Å². The number of hydrogen-bond acceptors (Lipinski definition) is 1. The Morgan fingerprint density at radius 3 is 2.03 bits per heavy atom. The van der Waals surface area contributed by atoms with Crippen LogP contribution in [-0.4, -0.2) is 6.10 Å². The van der Waals surface area contributed by atoms with Gasteiger partial charge in [-0.3, -0.25) is 0 Å². The van der Waals surface area contributed by atoms with E-state index in [0.29, 0.717) is 5.75 Å². The number of halogens is 4. The number of hydrogen-bond donors (Lipinski definition) is 0. The number of fused-ring (bicyclic) bond motifs is 1. The maximum atomic E-state index is 15.1. The van der Waals surface area contributed by atoms with E-state index >= 15 is 4.39 Å². The van der Waals surface area contributed by atoms with E-state index in [2.05, 4.69) is 53.7 Å². The predicted octanol–water partition coefficient (Wildman–Crippen LogP) is 9.00. The third-order valence-electron chi connectivity index (χ3n) is 7.13. The first-order valence-corrected chi connectivity index (χ1v) is 12.6. The molecule has 1 nitrogen and oxygen atoms in total. The Bertz CT molecular complexity index is 1370. The van der Waals surface area contributed by atoms with Crippen molar-refractivity contribution in [3.63, 3.8) is 0 Å². The molecular weight excluding hydrogens is 476 g/mol. The van der Waals surface area contributed by atoms with Crippen molar-refractivity contribution in [1.82, 2.24) is 0 Å². The minimum atomic E-state index is -1.67. The van der Waals surface area contributed by atoms with E-state index in [-0.39, 0.29) is 17.3 Å². The zero-order valence-electron chi connectivity index (χ0n) is 22.7. The zero-order chi connectivity index (χ0) is 27.4. The van der Waals surface area contributed by atoms with Crippen molar-refractivity contribution in [2.24, 2.45) is 0 Å². The maximum Gasteiger partial charge on any atom is 0.195 e. The molecule has 0 N–H and O–H groups in total. The van der Waals surface area contributed by atoms with Gasteiger partial charge < -0.3 is 4.74 Å². The lowest BCUT2D eigenvalue weighted by Gasteiger charge is -2.35. The van der Waals surface area contributed by atoms with Gasteiger partial charge in [0.2, 0.25) is 0 Å². The molecule has 1 aliphatic heterocycles. The molecule has 0 radical (unpaired) electrons. The second-order valence-corrected chi connectivity index (χ2v) is 12.0. The van der Waals surface area contributed by atoms with E-state index < -0.39 is 40.5 Å². The monoisotopic (exact) mass is 510 g/mol. The van der Waals surface area contributed by atoms with Crippen LogP contribution in [0.4, 0.5) is 17.6 Å². The molecule has 0 saturated heterocycles. The highest BCUT2D eigenvalue weighted by molar-refractivity contribution is 5.89. The van der Waals surface area contributed by atoms with Crippen molar-refractivity contribution in [2.45, 2.75) is 78.7 Å². The van der Waals surface area contributed by atoms with Gasteiger partial charge in [-0.05, 0) is 53.5 Å². The Kier molecular flexibility index (Phi) is 6.81. The van der Waals surface area contributed by atoms with Crippen LogP contribution in [-0.2, 0) is 17.3 Å². The zero-order valence-corrected chi connectivity index (χ0v) is 22.7. The van der Waals surface area contributed by atoms with E-state index in [9.17, 15) is 13.2 Å². The first kappa shape index (κ1) is 27.0. The molecule has 0 aliphatic carbocycles.